The molecule has 0 bridgehead atoms. The van der Waals surface area contributed by atoms with E-state index in [1.807, 2.05) is 20.4 Å². The Hall–Kier alpha value is -0.730. The number of urea groups is 1. The predicted octanol–water partition coefficient (Wildman–Crippen LogP) is 2.00. The van der Waals surface area contributed by atoms with E-state index in [4.69, 9.17) is 0 Å². The van der Waals surface area contributed by atoms with E-state index in [0.29, 0.717) is 0 Å². The minimum atomic E-state index is 0.00782. The van der Waals surface area contributed by atoms with Crippen molar-refractivity contribution in [2.24, 2.45) is 0 Å². The fourth-order valence-corrected chi connectivity index (χ4v) is 0.906. The zero-order valence-corrected chi connectivity index (χ0v) is 8.26. The van der Waals surface area contributed by atoms with Gasteiger partial charge in [-0.3, -0.25) is 0 Å². The number of nitrogens with zero attached hydrogens (tertiary/aromatic N) is 1. The quantitative estimate of drug-likeness (QED) is 0.630. The van der Waals surface area contributed by atoms with Crippen LogP contribution in [0.25, 0.3) is 0 Å². The second-order valence-corrected chi connectivity index (χ2v) is 2.61. The number of nitrogens with one attached hydrogen (secondary N) is 1. The second-order valence-electron chi connectivity index (χ2n) is 2.61. The average molecular weight is 171 g/mol. The molecule has 1 radical (unpaired) electrons. The molecule has 0 atom stereocenters. The Morgan fingerprint density at radius 3 is 2.33 bits per heavy atom. The van der Waals surface area contributed by atoms with Gasteiger partial charge in [0.25, 0.3) is 0 Å². The van der Waals surface area contributed by atoms with Gasteiger partial charge in [-0.05, 0) is 20.3 Å². The lowest BCUT2D eigenvalue weighted by Gasteiger charge is -2.18. The summed E-state index contributed by atoms with van der Waals surface area (Å²) in [4.78, 5) is 13.0. The van der Waals surface area contributed by atoms with Crippen molar-refractivity contribution in [1.82, 2.24) is 10.2 Å². The van der Waals surface area contributed by atoms with Crippen LogP contribution in [-0.2, 0) is 0 Å². The summed E-state index contributed by atoms with van der Waals surface area (Å²) in [6.45, 7) is 9.39. The number of hydrogen-bond donors (Lipinski definition) is 1. The minimum Gasteiger partial charge on any atom is -0.333 e. The Balaban J connectivity index is 3.54. The molecule has 3 nitrogen and oxygen atoms in total. The SMILES string of the molecule is CCC[CH]NC(=O)N(CC)CC. The average Bonchev–Trinajstić information content (AvgIpc) is 2.07. The molecule has 0 aliphatic heterocycles. The molecule has 0 aromatic carbocycles. The molecule has 0 aromatic heterocycles. The van der Waals surface area contributed by atoms with Gasteiger partial charge in [0.05, 0.1) is 6.54 Å². The third-order valence-electron chi connectivity index (χ3n) is 1.71. The monoisotopic (exact) mass is 171 g/mol. The van der Waals surface area contributed by atoms with Gasteiger partial charge < -0.3 is 10.2 Å². The van der Waals surface area contributed by atoms with Crippen molar-refractivity contribution in [2.75, 3.05) is 13.1 Å². The van der Waals surface area contributed by atoms with E-state index in [1.165, 1.54) is 0 Å². The summed E-state index contributed by atoms with van der Waals surface area (Å²) in [7, 11) is 0. The van der Waals surface area contributed by atoms with Gasteiger partial charge in [0.2, 0.25) is 0 Å². The van der Waals surface area contributed by atoms with Crippen LogP contribution in [0.4, 0.5) is 4.79 Å². The van der Waals surface area contributed by atoms with Crippen molar-refractivity contribution in [3.05, 3.63) is 6.54 Å². The Kier molecular flexibility index (Phi) is 6.53. The van der Waals surface area contributed by atoms with Crippen LogP contribution < -0.4 is 5.32 Å². The lowest BCUT2D eigenvalue weighted by atomic mass is 10.3. The summed E-state index contributed by atoms with van der Waals surface area (Å²) >= 11 is 0. The highest BCUT2D eigenvalue weighted by molar-refractivity contribution is 5.74. The predicted molar refractivity (Wildman–Crippen MR) is 50.7 cm³/mol. The number of carbonyl (C=O) groups is 1. The molecule has 0 rings (SSSR count). The lowest BCUT2D eigenvalue weighted by molar-refractivity contribution is 0.205. The summed E-state index contributed by atoms with van der Waals surface area (Å²) in [6.07, 6.45) is 2.01. The summed E-state index contributed by atoms with van der Waals surface area (Å²) in [5.41, 5.74) is 0. The molecule has 12 heavy (non-hydrogen) atoms. The first-order chi connectivity index (χ1) is 5.76. The van der Waals surface area contributed by atoms with Crippen LogP contribution in [0.1, 0.15) is 33.6 Å². The van der Waals surface area contributed by atoms with Crippen LogP contribution in [0.15, 0.2) is 0 Å². The number of carbonyl (C=O) groups excluding carboxylic acids is 1. The molecule has 71 valence electrons. The highest BCUT2D eigenvalue weighted by Gasteiger charge is 2.06. The molecule has 0 fully saturated rings. The van der Waals surface area contributed by atoms with Crippen molar-refractivity contribution in [1.29, 1.82) is 0 Å². The smallest absolute Gasteiger partial charge is 0.317 e. The third-order valence-corrected chi connectivity index (χ3v) is 1.71. The topological polar surface area (TPSA) is 32.3 Å². The van der Waals surface area contributed by atoms with Gasteiger partial charge in [0.15, 0.2) is 0 Å². The molecule has 0 aliphatic carbocycles. The van der Waals surface area contributed by atoms with Gasteiger partial charge in [0.1, 0.15) is 0 Å². The fourth-order valence-electron chi connectivity index (χ4n) is 0.906. The molecule has 0 saturated carbocycles. The maximum absolute atomic E-state index is 11.3. The molecule has 3 heteroatoms. The van der Waals surface area contributed by atoms with E-state index in [0.717, 1.165) is 25.9 Å². The van der Waals surface area contributed by atoms with Gasteiger partial charge in [-0.2, -0.15) is 0 Å². The first-order valence-electron chi connectivity index (χ1n) is 4.63. The number of rotatable bonds is 5. The Morgan fingerprint density at radius 2 is 1.92 bits per heavy atom. The number of unbranched alkanes of at least 4 members (excludes halogenated alkanes) is 1. The van der Waals surface area contributed by atoms with E-state index < -0.39 is 0 Å². The van der Waals surface area contributed by atoms with Crippen LogP contribution in [0, 0.1) is 6.54 Å². The van der Waals surface area contributed by atoms with E-state index in [1.54, 1.807) is 4.90 Å². The summed E-state index contributed by atoms with van der Waals surface area (Å²) < 4.78 is 0. The second kappa shape index (κ2) is 6.95. The van der Waals surface area contributed by atoms with Gasteiger partial charge in [-0.25, -0.2) is 4.79 Å². The summed E-state index contributed by atoms with van der Waals surface area (Å²) in [5, 5.41) is 2.75. The molecule has 0 saturated heterocycles. The van der Waals surface area contributed by atoms with Crippen molar-refractivity contribution >= 4 is 6.03 Å². The van der Waals surface area contributed by atoms with Crippen molar-refractivity contribution in [2.45, 2.75) is 33.6 Å². The highest BCUT2D eigenvalue weighted by Crippen LogP contribution is 1.92. The van der Waals surface area contributed by atoms with E-state index in [-0.39, 0.29) is 6.03 Å². The molecule has 2 amide bonds. The molecule has 0 unspecified atom stereocenters. The Labute approximate surface area is 75.1 Å². The Bertz CT molecular complexity index is 122. The van der Waals surface area contributed by atoms with Gasteiger partial charge >= 0.3 is 6.03 Å². The molecular weight excluding hydrogens is 152 g/mol. The first kappa shape index (κ1) is 11.3. The van der Waals surface area contributed by atoms with Crippen molar-refractivity contribution < 1.29 is 4.79 Å². The summed E-state index contributed by atoms with van der Waals surface area (Å²) in [6, 6.07) is 0.00782. The minimum absolute atomic E-state index is 0.00782. The molecule has 0 spiro atoms. The standard InChI is InChI=1S/C9H19N2O/c1-4-7-8-10-9(12)11(5-2)6-3/h8H,4-7H2,1-3H3,(H,10,12). The van der Waals surface area contributed by atoms with Crippen LogP contribution >= 0.6 is 0 Å². The normalized spacial score (nSPS) is 9.58. The first-order valence-corrected chi connectivity index (χ1v) is 4.63. The maximum atomic E-state index is 11.3. The number of amides is 2. The van der Waals surface area contributed by atoms with E-state index in [2.05, 4.69) is 12.2 Å². The van der Waals surface area contributed by atoms with E-state index in [9.17, 15) is 4.79 Å². The molecule has 1 N–H and O–H groups in total. The van der Waals surface area contributed by atoms with Crippen molar-refractivity contribution in [3.8, 4) is 0 Å². The highest BCUT2D eigenvalue weighted by atomic mass is 16.2. The number of hydrogen-bond acceptors (Lipinski definition) is 1. The molecular formula is C9H19N2O. The van der Waals surface area contributed by atoms with Gasteiger partial charge in [-0.15, -0.1) is 0 Å². The largest absolute Gasteiger partial charge is 0.333 e. The van der Waals surface area contributed by atoms with Gasteiger partial charge in [0, 0.05) is 13.1 Å². The molecule has 0 heterocycles. The van der Waals surface area contributed by atoms with Crippen LogP contribution in [0.2, 0.25) is 0 Å². The van der Waals surface area contributed by atoms with Crippen LogP contribution in [0.5, 0.6) is 0 Å². The van der Waals surface area contributed by atoms with E-state index >= 15 is 0 Å². The molecule has 0 aliphatic rings. The fraction of sp³-hybridized carbons (Fsp3) is 0.778. The maximum Gasteiger partial charge on any atom is 0.317 e. The zero-order valence-electron chi connectivity index (χ0n) is 8.26. The molecule has 0 aromatic rings. The third kappa shape index (κ3) is 4.21. The van der Waals surface area contributed by atoms with Crippen LogP contribution in [0.3, 0.4) is 0 Å². The zero-order chi connectivity index (χ0) is 9.40. The summed E-state index contributed by atoms with van der Waals surface area (Å²) in [5.74, 6) is 0. The van der Waals surface area contributed by atoms with Crippen molar-refractivity contribution in [3.63, 3.8) is 0 Å². The Morgan fingerprint density at radius 1 is 1.33 bits per heavy atom. The van der Waals surface area contributed by atoms with Crippen LogP contribution in [-0.4, -0.2) is 24.0 Å². The lowest BCUT2D eigenvalue weighted by Crippen LogP contribution is -2.38. The van der Waals surface area contributed by atoms with Gasteiger partial charge in [-0.1, -0.05) is 13.3 Å².